The topological polar surface area (TPSA) is 71.5 Å². The summed E-state index contributed by atoms with van der Waals surface area (Å²) in [6.07, 6.45) is -1.12. The second-order valence-electron chi connectivity index (χ2n) is 3.16. The van der Waals surface area contributed by atoms with Gasteiger partial charge in [0.2, 0.25) is 0 Å². The number of nitrogens with one attached hydrogen (secondary N) is 1. The summed E-state index contributed by atoms with van der Waals surface area (Å²) in [5, 5.41) is 11.9. The number of benzene rings is 1. The number of hydrogen-bond acceptors (Lipinski definition) is 4. The highest BCUT2D eigenvalue weighted by molar-refractivity contribution is 7.18. The van der Waals surface area contributed by atoms with E-state index in [-0.39, 0.29) is 0 Å². The van der Waals surface area contributed by atoms with Gasteiger partial charge in [-0.05, 0) is 0 Å². The van der Waals surface area contributed by atoms with Crippen LogP contribution in [0.3, 0.4) is 0 Å². The molecule has 6 heteroatoms. The van der Waals surface area contributed by atoms with Crippen LogP contribution < -0.4 is 10.1 Å². The molecule has 1 aromatic carbocycles. The summed E-state index contributed by atoms with van der Waals surface area (Å²) in [6.45, 7) is 0. The second-order valence-corrected chi connectivity index (χ2v) is 4.12. The highest BCUT2D eigenvalue weighted by Gasteiger charge is 2.15. The van der Waals surface area contributed by atoms with Gasteiger partial charge < -0.3 is 9.84 Å². The molecule has 0 atom stereocenters. The molecule has 2 N–H and O–H groups in total. The fraction of sp³-hybridized carbons (Fsp3) is 0.0909. The molecule has 5 nitrogen and oxygen atoms in total. The van der Waals surface area contributed by atoms with Crippen LogP contribution in [0.25, 0.3) is 11.3 Å². The van der Waals surface area contributed by atoms with Crippen molar-refractivity contribution in [2.75, 3.05) is 12.4 Å². The van der Waals surface area contributed by atoms with Crippen molar-refractivity contribution in [1.82, 2.24) is 4.98 Å². The van der Waals surface area contributed by atoms with Crippen LogP contribution in [0.5, 0.6) is 5.19 Å². The third-order valence-electron chi connectivity index (χ3n) is 2.05. The molecule has 88 valence electrons. The van der Waals surface area contributed by atoms with E-state index < -0.39 is 6.09 Å². The Morgan fingerprint density at radius 1 is 1.41 bits per heavy atom. The lowest BCUT2D eigenvalue weighted by atomic mass is 10.2. The number of aromatic nitrogens is 1. The number of amides is 1. The summed E-state index contributed by atoms with van der Waals surface area (Å²) in [6, 6.07) is 9.35. The summed E-state index contributed by atoms with van der Waals surface area (Å²) < 4.78 is 5.01. The van der Waals surface area contributed by atoms with E-state index in [0.29, 0.717) is 15.9 Å². The van der Waals surface area contributed by atoms with Gasteiger partial charge in [0.15, 0.2) is 0 Å². The highest BCUT2D eigenvalue weighted by atomic mass is 32.1. The molecule has 2 aromatic rings. The predicted octanol–water partition coefficient (Wildman–Crippen LogP) is 2.91. The largest absolute Gasteiger partial charge is 0.473 e. The van der Waals surface area contributed by atoms with Crippen LogP contribution in [-0.4, -0.2) is 23.3 Å². The van der Waals surface area contributed by atoms with Gasteiger partial charge in [0.1, 0.15) is 10.7 Å². The second kappa shape index (κ2) is 4.84. The maximum atomic E-state index is 10.7. The quantitative estimate of drug-likeness (QED) is 0.878. The first-order valence-corrected chi connectivity index (χ1v) is 5.62. The van der Waals surface area contributed by atoms with Gasteiger partial charge in [-0.15, -0.1) is 0 Å². The minimum Gasteiger partial charge on any atom is -0.473 e. The molecular weight excluding hydrogens is 240 g/mol. The fourth-order valence-corrected chi connectivity index (χ4v) is 2.15. The lowest BCUT2D eigenvalue weighted by molar-refractivity contribution is 0.210. The van der Waals surface area contributed by atoms with Gasteiger partial charge in [-0.1, -0.05) is 41.7 Å². The smallest absolute Gasteiger partial charge is 0.409 e. The molecule has 2 rings (SSSR count). The monoisotopic (exact) mass is 250 g/mol. The number of rotatable bonds is 3. The van der Waals surface area contributed by atoms with Crippen molar-refractivity contribution in [3.8, 4) is 16.5 Å². The summed E-state index contributed by atoms with van der Waals surface area (Å²) in [5.41, 5.74) is 1.42. The van der Waals surface area contributed by atoms with Crippen LogP contribution >= 0.6 is 11.3 Å². The van der Waals surface area contributed by atoms with Gasteiger partial charge in [-0.3, -0.25) is 5.32 Å². The number of thiazole rings is 1. The Kier molecular flexibility index (Phi) is 3.24. The molecule has 0 aliphatic heterocycles. The summed E-state index contributed by atoms with van der Waals surface area (Å²) in [7, 11) is 1.50. The maximum Gasteiger partial charge on any atom is 0.409 e. The van der Waals surface area contributed by atoms with E-state index >= 15 is 0 Å². The number of nitrogens with zero attached hydrogens (tertiary/aromatic N) is 1. The van der Waals surface area contributed by atoms with Crippen LogP contribution in [0.15, 0.2) is 30.3 Å². The van der Waals surface area contributed by atoms with Crippen LogP contribution in [0, 0.1) is 0 Å². The predicted molar refractivity (Wildman–Crippen MR) is 65.7 cm³/mol. The zero-order chi connectivity index (χ0) is 12.3. The zero-order valence-corrected chi connectivity index (χ0v) is 9.82. The first kappa shape index (κ1) is 11.4. The van der Waals surface area contributed by atoms with Crippen molar-refractivity contribution in [3.63, 3.8) is 0 Å². The van der Waals surface area contributed by atoms with E-state index in [1.54, 1.807) is 0 Å². The summed E-state index contributed by atoms with van der Waals surface area (Å²) in [4.78, 5) is 14.9. The van der Waals surface area contributed by atoms with Gasteiger partial charge in [-0.2, -0.15) is 0 Å². The fourth-order valence-electron chi connectivity index (χ4n) is 1.36. The molecule has 0 saturated carbocycles. The molecule has 0 aliphatic carbocycles. The van der Waals surface area contributed by atoms with Crippen LogP contribution in [0.2, 0.25) is 0 Å². The zero-order valence-electron chi connectivity index (χ0n) is 9.01. The molecule has 17 heavy (non-hydrogen) atoms. The van der Waals surface area contributed by atoms with E-state index in [1.807, 2.05) is 30.3 Å². The number of hydrogen-bond donors (Lipinski definition) is 2. The SMILES string of the molecule is COc1nc(-c2ccccc2)c(NC(=O)O)s1. The lowest BCUT2D eigenvalue weighted by Gasteiger charge is -2.00. The van der Waals surface area contributed by atoms with Gasteiger partial charge in [0.25, 0.3) is 5.19 Å². The molecule has 0 bridgehead atoms. The Labute approximate surface area is 102 Å². The van der Waals surface area contributed by atoms with Crippen molar-refractivity contribution in [2.24, 2.45) is 0 Å². The maximum absolute atomic E-state index is 10.7. The van der Waals surface area contributed by atoms with Gasteiger partial charge in [-0.25, -0.2) is 9.78 Å². The molecule has 0 radical (unpaired) electrons. The van der Waals surface area contributed by atoms with Gasteiger partial charge >= 0.3 is 6.09 Å². The van der Waals surface area contributed by atoms with Crippen molar-refractivity contribution >= 4 is 22.4 Å². The van der Waals surface area contributed by atoms with Crippen molar-refractivity contribution < 1.29 is 14.6 Å². The number of carboxylic acid groups (broad SMARTS) is 1. The first-order valence-electron chi connectivity index (χ1n) is 4.81. The van der Waals surface area contributed by atoms with Crippen LogP contribution in [0.1, 0.15) is 0 Å². The minimum atomic E-state index is -1.12. The molecule has 0 aliphatic rings. The Hall–Kier alpha value is -2.08. The molecule has 1 amide bonds. The molecule has 0 fully saturated rings. The molecule has 0 saturated heterocycles. The summed E-state index contributed by atoms with van der Waals surface area (Å²) >= 11 is 1.16. The Bertz CT molecular complexity index is 525. The minimum absolute atomic E-state index is 0.424. The third-order valence-corrected chi connectivity index (χ3v) is 2.98. The number of anilines is 1. The normalized spacial score (nSPS) is 9.94. The average molecular weight is 250 g/mol. The first-order chi connectivity index (χ1) is 8.20. The van der Waals surface area contributed by atoms with Crippen LogP contribution in [0.4, 0.5) is 9.80 Å². The van der Waals surface area contributed by atoms with E-state index in [4.69, 9.17) is 9.84 Å². The number of carbonyl (C=O) groups is 1. The van der Waals surface area contributed by atoms with Crippen molar-refractivity contribution in [1.29, 1.82) is 0 Å². The Morgan fingerprint density at radius 3 is 2.71 bits per heavy atom. The van der Waals surface area contributed by atoms with Crippen LogP contribution in [-0.2, 0) is 0 Å². The third kappa shape index (κ3) is 2.54. The van der Waals surface area contributed by atoms with Gasteiger partial charge in [0.05, 0.1) is 7.11 Å². The molecular formula is C11H10N2O3S. The van der Waals surface area contributed by atoms with Crippen molar-refractivity contribution in [2.45, 2.75) is 0 Å². The molecule has 1 aromatic heterocycles. The Balaban J connectivity index is 2.44. The van der Waals surface area contributed by atoms with E-state index in [9.17, 15) is 4.79 Å². The molecule has 0 spiro atoms. The van der Waals surface area contributed by atoms with E-state index in [2.05, 4.69) is 10.3 Å². The van der Waals surface area contributed by atoms with Crippen molar-refractivity contribution in [3.05, 3.63) is 30.3 Å². The van der Waals surface area contributed by atoms with Gasteiger partial charge in [0, 0.05) is 5.56 Å². The average Bonchev–Trinajstić information content (AvgIpc) is 2.72. The lowest BCUT2D eigenvalue weighted by Crippen LogP contribution is -2.06. The van der Waals surface area contributed by atoms with E-state index in [1.165, 1.54) is 7.11 Å². The summed E-state index contributed by atoms with van der Waals surface area (Å²) in [5.74, 6) is 0. The highest BCUT2D eigenvalue weighted by Crippen LogP contribution is 2.36. The molecule has 0 unspecified atom stereocenters. The standard InChI is InChI=1S/C11H10N2O3S/c1-16-11-12-8(7-5-3-2-4-6-7)9(17-11)13-10(14)15/h2-6,13H,1H3,(H,14,15). The number of methoxy groups -OCH3 is 1. The van der Waals surface area contributed by atoms with E-state index in [0.717, 1.165) is 16.9 Å². The Morgan fingerprint density at radius 2 is 2.12 bits per heavy atom. The number of ether oxygens (including phenoxy) is 1. The molecule has 1 heterocycles.